The van der Waals surface area contributed by atoms with Crippen LogP contribution in [0.3, 0.4) is 0 Å². The van der Waals surface area contributed by atoms with Gasteiger partial charge in [-0.1, -0.05) is 26.0 Å². The largest absolute Gasteiger partial charge is 0.416 e. The maximum atomic E-state index is 12.9. The lowest BCUT2D eigenvalue weighted by atomic mass is 9.88. The monoisotopic (exact) mass is 343 g/mol. The van der Waals surface area contributed by atoms with Crippen LogP contribution in [0.15, 0.2) is 24.3 Å². The van der Waals surface area contributed by atoms with E-state index < -0.39 is 35.4 Å². The first-order valence-electron chi connectivity index (χ1n) is 7.60. The number of hydrogen-bond donors (Lipinski definition) is 3. The molecule has 0 saturated carbocycles. The molecule has 132 valence electrons. The maximum Gasteiger partial charge on any atom is 0.416 e. The standard InChI is InChI=1S/C16H20F3N3O2/c1-9(2)15(8-13(23)20-14(24)22-15)21-10(3)11-5-4-6-12(7-11)16(17,18)19/h4-7,9-10,21H,8H2,1-3H3,(H2,20,22,23,24). The van der Waals surface area contributed by atoms with Crippen LogP contribution in [0.2, 0.25) is 0 Å². The topological polar surface area (TPSA) is 70.2 Å². The zero-order chi connectivity index (χ0) is 18.1. The van der Waals surface area contributed by atoms with Crippen LogP contribution in [0.25, 0.3) is 0 Å². The predicted molar refractivity (Wildman–Crippen MR) is 81.9 cm³/mol. The molecule has 3 N–H and O–H groups in total. The lowest BCUT2D eigenvalue weighted by Crippen LogP contribution is -2.70. The van der Waals surface area contributed by atoms with Gasteiger partial charge in [0.05, 0.1) is 12.0 Å². The van der Waals surface area contributed by atoms with E-state index in [2.05, 4.69) is 16.0 Å². The van der Waals surface area contributed by atoms with Crippen molar-refractivity contribution < 1.29 is 22.8 Å². The van der Waals surface area contributed by atoms with Crippen LogP contribution in [-0.2, 0) is 11.0 Å². The number of nitrogens with one attached hydrogen (secondary N) is 3. The number of rotatable bonds is 4. The van der Waals surface area contributed by atoms with Crippen molar-refractivity contribution in [2.24, 2.45) is 5.92 Å². The summed E-state index contributed by atoms with van der Waals surface area (Å²) in [6.07, 6.45) is -4.43. The molecule has 2 atom stereocenters. The number of carbonyl (C=O) groups excluding carboxylic acids is 2. The van der Waals surface area contributed by atoms with Gasteiger partial charge < -0.3 is 5.32 Å². The zero-order valence-electron chi connectivity index (χ0n) is 13.6. The van der Waals surface area contributed by atoms with Gasteiger partial charge in [-0.05, 0) is 30.5 Å². The summed E-state index contributed by atoms with van der Waals surface area (Å²) in [5, 5.41) is 7.98. The predicted octanol–water partition coefficient (Wildman–Crippen LogP) is 2.94. The average Bonchev–Trinajstić information content (AvgIpc) is 2.45. The zero-order valence-corrected chi connectivity index (χ0v) is 13.6. The summed E-state index contributed by atoms with van der Waals surface area (Å²) >= 11 is 0. The molecule has 3 amide bonds. The lowest BCUT2D eigenvalue weighted by molar-refractivity contribution is -0.137. The Labute approximate surface area is 138 Å². The fraction of sp³-hybridized carbons (Fsp3) is 0.500. The van der Waals surface area contributed by atoms with Crippen LogP contribution in [-0.4, -0.2) is 17.6 Å². The van der Waals surface area contributed by atoms with Gasteiger partial charge in [0.2, 0.25) is 5.91 Å². The second kappa shape index (κ2) is 6.43. The molecule has 1 fully saturated rings. The van der Waals surface area contributed by atoms with Gasteiger partial charge in [0.1, 0.15) is 5.66 Å². The van der Waals surface area contributed by atoms with Crippen molar-refractivity contribution in [1.82, 2.24) is 16.0 Å². The number of imide groups is 1. The molecule has 0 bridgehead atoms. The molecule has 2 unspecified atom stereocenters. The quantitative estimate of drug-likeness (QED) is 0.787. The highest BCUT2D eigenvalue weighted by atomic mass is 19.4. The Hall–Kier alpha value is -2.09. The Morgan fingerprint density at radius 3 is 2.42 bits per heavy atom. The second-order valence-electron chi connectivity index (χ2n) is 6.29. The third kappa shape index (κ3) is 3.87. The van der Waals surface area contributed by atoms with Crippen molar-refractivity contribution in [1.29, 1.82) is 0 Å². The van der Waals surface area contributed by atoms with Gasteiger partial charge in [-0.15, -0.1) is 0 Å². The fourth-order valence-electron chi connectivity index (χ4n) is 2.76. The molecule has 0 radical (unpaired) electrons. The molecule has 1 aromatic rings. The Kier molecular flexibility index (Phi) is 4.89. The molecular weight excluding hydrogens is 323 g/mol. The van der Waals surface area contributed by atoms with E-state index in [-0.39, 0.29) is 12.3 Å². The first kappa shape index (κ1) is 18.3. The number of hydrogen-bond acceptors (Lipinski definition) is 3. The first-order valence-corrected chi connectivity index (χ1v) is 7.60. The van der Waals surface area contributed by atoms with E-state index in [1.807, 2.05) is 13.8 Å². The fourth-order valence-corrected chi connectivity index (χ4v) is 2.76. The van der Waals surface area contributed by atoms with E-state index in [0.717, 1.165) is 12.1 Å². The molecule has 1 aromatic carbocycles. The molecule has 0 aromatic heterocycles. The van der Waals surface area contributed by atoms with E-state index in [9.17, 15) is 22.8 Å². The van der Waals surface area contributed by atoms with Crippen LogP contribution in [0.4, 0.5) is 18.0 Å². The summed E-state index contributed by atoms with van der Waals surface area (Å²) in [7, 11) is 0. The van der Waals surface area contributed by atoms with Gasteiger partial charge in [0.15, 0.2) is 0 Å². The maximum absolute atomic E-state index is 12.9. The average molecular weight is 343 g/mol. The summed E-state index contributed by atoms with van der Waals surface area (Å²) in [5.41, 5.74) is -1.34. The number of benzene rings is 1. The Morgan fingerprint density at radius 1 is 1.21 bits per heavy atom. The smallest absolute Gasteiger partial charge is 0.319 e. The number of alkyl halides is 3. The highest BCUT2D eigenvalue weighted by Gasteiger charge is 2.42. The van der Waals surface area contributed by atoms with Crippen molar-refractivity contribution >= 4 is 11.9 Å². The van der Waals surface area contributed by atoms with Crippen molar-refractivity contribution in [2.45, 2.75) is 45.1 Å². The third-order valence-corrected chi connectivity index (χ3v) is 4.20. The van der Waals surface area contributed by atoms with Crippen LogP contribution in [0.1, 0.15) is 44.4 Å². The molecule has 1 saturated heterocycles. The van der Waals surface area contributed by atoms with Crippen molar-refractivity contribution in [2.75, 3.05) is 0 Å². The molecule has 0 spiro atoms. The number of amides is 3. The van der Waals surface area contributed by atoms with Crippen LogP contribution < -0.4 is 16.0 Å². The highest BCUT2D eigenvalue weighted by molar-refractivity contribution is 5.97. The summed E-state index contributed by atoms with van der Waals surface area (Å²) in [6, 6.07) is 3.86. The molecule has 5 nitrogen and oxygen atoms in total. The first-order chi connectivity index (χ1) is 11.0. The van der Waals surface area contributed by atoms with Crippen molar-refractivity contribution in [3.05, 3.63) is 35.4 Å². The summed E-state index contributed by atoms with van der Waals surface area (Å²) in [5.74, 6) is -0.586. The van der Waals surface area contributed by atoms with Crippen LogP contribution in [0, 0.1) is 5.92 Å². The normalized spacial score (nSPS) is 23.0. The van der Waals surface area contributed by atoms with Crippen LogP contribution >= 0.6 is 0 Å². The number of carbonyl (C=O) groups is 2. The van der Waals surface area contributed by atoms with Gasteiger partial charge in [0, 0.05) is 6.04 Å². The van der Waals surface area contributed by atoms with Gasteiger partial charge >= 0.3 is 12.2 Å². The van der Waals surface area contributed by atoms with Gasteiger partial charge in [0.25, 0.3) is 0 Å². The van der Waals surface area contributed by atoms with Gasteiger partial charge in [-0.3, -0.25) is 15.4 Å². The molecule has 1 aliphatic heterocycles. The van der Waals surface area contributed by atoms with Crippen LogP contribution in [0.5, 0.6) is 0 Å². The number of urea groups is 1. The minimum atomic E-state index is -4.43. The molecule has 0 aliphatic carbocycles. The molecule has 1 heterocycles. The molecule has 8 heteroatoms. The molecule has 2 rings (SSSR count). The highest BCUT2D eigenvalue weighted by Crippen LogP contribution is 2.32. The Morgan fingerprint density at radius 2 is 1.88 bits per heavy atom. The summed E-state index contributed by atoms with van der Waals surface area (Å²) in [4.78, 5) is 23.4. The second-order valence-corrected chi connectivity index (χ2v) is 6.29. The summed E-state index contributed by atoms with van der Waals surface area (Å²) in [6.45, 7) is 5.34. The summed E-state index contributed by atoms with van der Waals surface area (Å²) < 4.78 is 38.6. The van der Waals surface area contributed by atoms with Crippen molar-refractivity contribution in [3.8, 4) is 0 Å². The van der Waals surface area contributed by atoms with E-state index >= 15 is 0 Å². The minimum absolute atomic E-state index is 0.000289. The molecule has 24 heavy (non-hydrogen) atoms. The van der Waals surface area contributed by atoms with E-state index in [4.69, 9.17) is 0 Å². The molecule has 1 aliphatic rings. The molecular formula is C16H20F3N3O2. The van der Waals surface area contributed by atoms with E-state index in [1.165, 1.54) is 6.07 Å². The number of halogens is 3. The van der Waals surface area contributed by atoms with Crippen molar-refractivity contribution in [3.63, 3.8) is 0 Å². The minimum Gasteiger partial charge on any atom is -0.319 e. The third-order valence-electron chi connectivity index (χ3n) is 4.20. The Bertz CT molecular complexity index is 628. The van der Waals surface area contributed by atoms with Gasteiger partial charge in [-0.25, -0.2) is 4.79 Å². The van der Waals surface area contributed by atoms with E-state index in [1.54, 1.807) is 13.0 Å². The van der Waals surface area contributed by atoms with E-state index in [0.29, 0.717) is 5.56 Å². The van der Waals surface area contributed by atoms with Gasteiger partial charge in [-0.2, -0.15) is 13.2 Å². The Balaban J connectivity index is 2.27. The SMILES string of the molecule is CC(NC1(C(C)C)CC(=O)NC(=O)N1)c1cccc(C(F)(F)F)c1. The lowest BCUT2D eigenvalue weighted by Gasteiger charge is -2.43.